The van der Waals surface area contributed by atoms with E-state index in [1.165, 1.54) is 31.2 Å². The van der Waals surface area contributed by atoms with Crippen LogP contribution in [0.2, 0.25) is 0 Å². The van der Waals surface area contributed by atoms with Crippen molar-refractivity contribution in [2.24, 2.45) is 5.14 Å². The summed E-state index contributed by atoms with van der Waals surface area (Å²) in [4.78, 5) is 24.4. The molecule has 1 atom stereocenters. The molecule has 0 aliphatic rings. The number of hydrogen-bond acceptors (Lipinski definition) is 6. The fourth-order valence-corrected chi connectivity index (χ4v) is 2.85. The number of esters is 1. The van der Waals surface area contributed by atoms with Crippen molar-refractivity contribution in [3.05, 3.63) is 46.9 Å². The zero-order chi connectivity index (χ0) is 19.6. The molecule has 1 amide bonds. The third-order valence-electron chi connectivity index (χ3n) is 3.87. The molecular weight excluding hydrogens is 360 g/mol. The van der Waals surface area contributed by atoms with E-state index in [1.807, 2.05) is 0 Å². The molecule has 2 rings (SSSR count). The number of nitrogens with two attached hydrogens (primary N) is 1. The van der Waals surface area contributed by atoms with Crippen molar-refractivity contribution < 1.29 is 27.2 Å². The van der Waals surface area contributed by atoms with E-state index in [2.05, 4.69) is 5.32 Å². The van der Waals surface area contributed by atoms with Gasteiger partial charge >= 0.3 is 5.97 Å². The predicted octanol–water partition coefficient (Wildman–Crippen LogP) is 2.04. The third-order valence-corrected chi connectivity index (χ3v) is 4.80. The molecule has 26 heavy (non-hydrogen) atoms. The Hall–Kier alpha value is -2.65. The second-order valence-corrected chi connectivity index (χ2v) is 7.38. The number of sulfonamides is 1. The van der Waals surface area contributed by atoms with Gasteiger partial charge in [-0.1, -0.05) is 0 Å². The minimum atomic E-state index is -3.81. The summed E-state index contributed by atoms with van der Waals surface area (Å²) in [5.41, 5.74) is 1.31. The molecule has 3 N–H and O–H groups in total. The minimum Gasteiger partial charge on any atom is -0.465 e. The molecule has 0 aliphatic heterocycles. The Labute approximate surface area is 151 Å². The SMILES string of the molecule is Cc1oc(C)c(C(=O)O[C@H](C)C(=O)Nc2ccc(S(N)(=O)=O)cc2)c1C. The van der Waals surface area contributed by atoms with Crippen molar-refractivity contribution >= 4 is 27.6 Å². The minimum absolute atomic E-state index is 0.0729. The average molecular weight is 380 g/mol. The fourth-order valence-electron chi connectivity index (χ4n) is 2.34. The summed E-state index contributed by atoms with van der Waals surface area (Å²) in [6, 6.07) is 5.31. The van der Waals surface area contributed by atoms with Crippen LogP contribution in [0.1, 0.15) is 34.4 Å². The Kier molecular flexibility index (Phi) is 5.53. The molecule has 0 aliphatic carbocycles. The molecule has 140 valence electrons. The summed E-state index contributed by atoms with van der Waals surface area (Å²) in [7, 11) is -3.81. The highest BCUT2D eigenvalue weighted by molar-refractivity contribution is 7.89. The zero-order valence-corrected chi connectivity index (χ0v) is 15.6. The van der Waals surface area contributed by atoms with E-state index in [9.17, 15) is 18.0 Å². The number of primary sulfonamides is 1. The highest BCUT2D eigenvalue weighted by atomic mass is 32.2. The highest BCUT2D eigenvalue weighted by Gasteiger charge is 2.24. The van der Waals surface area contributed by atoms with Gasteiger partial charge in [0, 0.05) is 11.3 Å². The first-order valence-corrected chi connectivity index (χ1v) is 9.26. The molecule has 1 heterocycles. The molecule has 2 aromatic rings. The molecule has 0 fully saturated rings. The van der Waals surface area contributed by atoms with Crippen LogP contribution in [-0.2, 0) is 19.6 Å². The maximum atomic E-state index is 12.3. The summed E-state index contributed by atoms with van der Waals surface area (Å²) in [6.07, 6.45) is -1.06. The van der Waals surface area contributed by atoms with Crippen LogP contribution < -0.4 is 10.5 Å². The number of furan rings is 1. The number of rotatable bonds is 5. The molecule has 8 nitrogen and oxygen atoms in total. The lowest BCUT2D eigenvalue weighted by atomic mass is 10.1. The standard InChI is InChI=1S/C17H20N2O6S/c1-9-10(2)24-11(3)15(9)17(21)25-12(4)16(20)19-13-5-7-14(8-6-13)26(18,22)23/h5-8,12H,1-4H3,(H,19,20)(H2,18,22,23)/t12-/m1/s1. The van der Waals surface area contributed by atoms with Crippen LogP contribution in [0, 0.1) is 20.8 Å². The lowest BCUT2D eigenvalue weighted by molar-refractivity contribution is -0.123. The van der Waals surface area contributed by atoms with Gasteiger partial charge in [-0.2, -0.15) is 0 Å². The summed E-state index contributed by atoms with van der Waals surface area (Å²) in [5, 5.41) is 7.55. The second-order valence-electron chi connectivity index (χ2n) is 5.82. The van der Waals surface area contributed by atoms with Crippen molar-refractivity contribution in [2.45, 2.75) is 38.7 Å². The van der Waals surface area contributed by atoms with E-state index < -0.39 is 28.0 Å². The molecule has 0 radical (unpaired) electrons. The molecule has 0 unspecified atom stereocenters. The van der Waals surface area contributed by atoms with Crippen LogP contribution in [0.5, 0.6) is 0 Å². The number of nitrogens with one attached hydrogen (secondary N) is 1. The van der Waals surface area contributed by atoms with E-state index in [1.54, 1.807) is 20.8 Å². The Morgan fingerprint density at radius 1 is 1.12 bits per heavy atom. The number of carbonyl (C=O) groups is 2. The average Bonchev–Trinajstić information content (AvgIpc) is 2.79. The largest absolute Gasteiger partial charge is 0.465 e. The van der Waals surface area contributed by atoms with Crippen LogP contribution in [0.15, 0.2) is 33.6 Å². The zero-order valence-electron chi connectivity index (χ0n) is 14.8. The third kappa shape index (κ3) is 4.30. The molecule has 0 spiro atoms. The predicted molar refractivity (Wildman–Crippen MR) is 94.2 cm³/mol. The Balaban J connectivity index is 2.04. The van der Waals surface area contributed by atoms with Gasteiger partial charge in [0.15, 0.2) is 6.10 Å². The summed E-state index contributed by atoms with van der Waals surface area (Å²) in [6.45, 7) is 6.55. The maximum Gasteiger partial charge on any atom is 0.342 e. The summed E-state index contributed by atoms with van der Waals surface area (Å²) in [5.74, 6) is -0.168. The maximum absolute atomic E-state index is 12.3. The Morgan fingerprint density at radius 2 is 1.69 bits per heavy atom. The van der Waals surface area contributed by atoms with Crippen molar-refractivity contribution in [1.82, 2.24) is 0 Å². The first-order valence-electron chi connectivity index (χ1n) is 7.72. The number of ether oxygens (including phenoxy) is 1. The van der Waals surface area contributed by atoms with Crippen LogP contribution in [-0.4, -0.2) is 26.4 Å². The lowest BCUT2D eigenvalue weighted by Gasteiger charge is -2.14. The number of aryl methyl sites for hydroxylation is 2. The molecule has 1 aromatic carbocycles. The molecule has 1 aromatic heterocycles. The van der Waals surface area contributed by atoms with Crippen molar-refractivity contribution in [1.29, 1.82) is 0 Å². The van der Waals surface area contributed by atoms with Gasteiger partial charge in [-0.3, -0.25) is 4.79 Å². The van der Waals surface area contributed by atoms with E-state index in [0.29, 0.717) is 28.3 Å². The second kappa shape index (κ2) is 7.30. The van der Waals surface area contributed by atoms with E-state index in [4.69, 9.17) is 14.3 Å². The number of amides is 1. The molecule has 0 saturated heterocycles. The molecule has 0 bridgehead atoms. The van der Waals surface area contributed by atoms with Crippen LogP contribution >= 0.6 is 0 Å². The van der Waals surface area contributed by atoms with Crippen LogP contribution in [0.3, 0.4) is 0 Å². The Morgan fingerprint density at radius 3 is 2.15 bits per heavy atom. The molecule has 9 heteroatoms. The van der Waals surface area contributed by atoms with E-state index >= 15 is 0 Å². The number of anilines is 1. The van der Waals surface area contributed by atoms with E-state index in [-0.39, 0.29) is 4.90 Å². The van der Waals surface area contributed by atoms with Gasteiger partial charge in [-0.25, -0.2) is 18.4 Å². The first-order chi connectivity index (χ1) is 12.0. The summed E-state index contributed by atoms with van der Waals surface area (Å²) >= 11 is 0. The smallest absolute Gasteiger partial charge is 0.342 e. The molecular formula is C17H20N2O6S. The van der Waals surface area contributed by atoms with Gasteiger partial charge in [0.1, 0.15) is 17.1 Å². The first kappa shape index (κ1) is 19.7. The monoisotopic (exact) mass is 380 g/mol. The normalized spacial score (nSPS) is 12.5. The van der Waals surface area contributed by atoms with Crippen LogP contribution in [0.25, 0.3) is 0 Å². The van der Waals surface area contributed by atoms with Crippen molar-refractivity contribution in [2.75, 3.05) is 5.32 Å². The van der Waals surface area contributed by atoms with Crippen molar-refractivity contribution in [3.8, 4) is 0 Å². The highest BCUT2D eigenvalue weighted by Crippen LogP contribution is 2.22. The van der Waals surface area contributed by atoms with Gasteiger partial charge in [0.2, 0.25) is 10.0 Å². The van der Waals surface area contributed by atoms with Gasteiger partial charge in [-0.05, 0) is 52.0 Å². The number of benzene rings is 1. The lowest BCUT2D eigenvalue weighted by Crippen LogP contribution is -2.30. The quantitative estimate of drug-likeness (QED) is 0.764. The van der Waals surface area contributed by atoms with Crippen LogP contribution in [0.4, 0.5) is 5.69 Å². The van der Waals surface area contributed by atoms with Gasteiger partial charge in [0.05, 0.1) is 4.90 Å². The van der Waals surface area contributed by atoms with Crippen molar-refractivity contribution in [3.63, 3.8) is 0 Å². The van der Waals surface area contributed by atoms with E-state index in [0.717, 1.165) is 0 Å². The molecule has 0 saturated carbocycles. The summed E-state index contributed by atoms with van der Waals surface area (Å²) < 4.78 is 33.0. The van der Waals surface area contributed by atoms with Gasteiger partial charge < -0.3 is 14.5 Å². The number of hydrogen-bond donors (Lipinski definition) is 2. The van der Waals surface area contributed by atoms with Gasteiger partial charge in [0.25, 0.3) is 5.91 Å². The number of carbonyl (C=O) groups excluding carboxylic acids is 2. The fraction of sp³-hybridized carbons (Fsp3) is 0.294. The van der Waals surface area contributed by atoms with Gasteiger partial charge in [-0.15, -0.1) is 0 Å². The topological polar surface area (TPSA) is 129 Å². The Bertz CT molecular complexity index is 944.